The molecule has 1 N–H and O–H groups in total. The molecule has 0 atom stereocenters. The molecule has 0 bridgehead atoms. The molecule has 0 aliphatic heterocycles. The molecule has 2 heteroatoms. The zero-order valence-electron chi connectivity index (χ0n) is 16.5. The van der Waals surface area contributed by atoms with Crippen molar-refractivity contribution >= 4 is 16.7 Å². The maximum atomic E-state index is 13.4. The summed E-state index contributed by atoms with van der Waals surface area (Å²) in [6.45, 7) is 0. The molecule has 0 radical (unpaired) electrons. The lowest BCUT2D eigenvalue weighted by Gasteiger charge is -2.07. The third-order valence-corrected chi connectivity index (χ3v) is 5.52. The summed E-state index contributed by atoms with van der Waals surface area (Å²) in [7, 11) is 0. The zero-order valence-corrected chi connectivity index (χ0v) is 16.5. The number of nitrogens with one attached hydrogen (secondary N) is 1. The van der Waals surface area contributed by atoms with Gasteiger partial charge in [0.25, 0.3) is 0 Å². The van der Waals surface area contributed by atoms with Gasteiger partial charge in [-0.05, 0) is 28.3 Å². The normalized spacial score (nSPS) is 10.9. The van der Waals surface area contributed by atoms with Gasteiger partial charge in [-0.25, -0.2) is 0 Å². The van der Waals surface area contributed by atoms with E-state index in [1.54, 1.807) is 0 Å². The standard InChI is InChI=1S/C28H21NO/c30-28(23-17-15-22(16-18-23)21-11-5-2-6-12-21)27-25(19-20-9-3-1-4-10-20)24-13-7-8-14-26(24)29-27/h1-18,29H,19H2. The number of rotatable bonds is 5. The van der Waals surface area contributed by atoms with E-state index in [0.29, 0.717) is 17.7 Å². The van der Waals surface area contributed by atoms with Crippen molar-refractivity contribution in [3.05, 3.63) is 132 Å². The first-order valence-electron chi connectivity index (χ1n) is 10.1. The van der Waals surface area contributed by atoms with Crippen molar-refractivity contribution in [1.82, 2.24) is 4.98 Å². The van der Waals surface area contributed by atoms with Crippen LogP contribution in [-0.2, 0) is 6.42 Å². The smallest absolute Gasteiger partial charge is 0.209 e. The number of para-hydroxylation sites is 1. The van der Waals surface area contributed by atoms with Crippen LogP contribution in [0, 0.1) is 0 Å². The fourth-order valence-electron chi connectivity index (χ4n) is 3.97. The van der Waals surface area contributed by atoms with Crippen molar-refractivity contribution in [2.45, 2.75) is 6.42 Å². The number of aromatic amines is 1. The highest BCUT2D eigenvalue weighted by molar-refractivity contribution is 6.12. The number of aromatic nitrogens is 1. The van der Waals surface area contributed by atoms with Crippen LogP contribution in [-0.4, -0.2) is 10.8 Å². The molecule has 0 unspecified atom stereocenters. The lowest BCUT2D eigenvalue weighted by atomic mass is 9.96. The molecule has 2 nitrogen and oxygen atoms in total. The number of hydrogen-bond acceptors (Lipinski definition) is 1. The molecular formula is C28H21NO. The summed E-state index contributed by atoms with van der Waals surface area (Å²) in [5, 5.41) is 1.10. The largest absolute Gasteiger partial charge is 0.352 e. The highest BCUT2D eigenvalue weighted by Crippen LogP contribution is 2.28. The number of ketones is 1. The SMILES string of the molecule is O=C(c1ccc(-c2ccccc2)cc1)c1[nH]c2ccccc2c1Cc1ccccc1. The van der Waals surface area contributed by atoms with E-state index in [0.717, 1.165) is 27.6 Å². The first-order chi connectivity index (χ1) is 14.8. The molecule has 0 saturated heterocycles. The Morgan fingerprint density at radius 3 is 1.97 bits per heavy atom. The van der Waals surface area contributed by atoms with Crippen molar-refractivity contribution < 1.29 is 4.79 Å². The van der Waals surface area contributed by atoms with Crippen molar-refractivity contribution in [1.29, 1.82) is 0 Å². The Hall–Kier alpha value is -3.91. The van der Waals surface area contributed by atoms with Crippen LogP contribution in [0.4, 0.5) is 0 Å². The van der Waals surface area contributed by atoms with Gasteiger partial charge in [0.15, 0.2) is 0 Å². The molecular weight excluding hydrogens is 366 g/mol. The quantitative estimate of drug-likeness (QED) is 0.336. The van der Waals surface area contributed by atoms with Gasteiger partial charge in [0.1, 0.15) is 0 Å². The summed E-state index contributed by atoms with van der Waals surface area (Å²) < 4.78 is 0. The summed E-state index contributed by atoms with van der Waals surface area (Å²) in [6.07, 6.45) is 0.716. The third kappa shape index (κ3) is 3.44. The molecule has 144 valence electrons. The monoisotopic (exact) mass is 387 g/mol. The Morgan fingerprint density at radius 1 is 0.633 bits per heavy atom. The second kappa shape index (κ2) is 7.84. The molecule has 0 aliphatic rings. The van der Waals surface area contributed by atoms with Crippen molar-refractivity contribution in [3.63, 3.8) is 0 Å². The minimum atomic E-state index is 0.0248. The van der Waals surface area contributed by atoms with E-state index in [1.165, 1.54) is 5.56 Å². The number of carbonyl (C=O) groups excluding carboxylic acids is 1. The van der Waals surface area contributed by atoms with Gasteiger partial charge in [-0.1, -0.05) is 103 Å². The minimum Gasteiger partial charge on any atom is -0.352 e. The van der Waals surface area contributed by atoms with Crippen LogP contribution in [0.15, 0.2) is 109 Å². The molecule has 1 heterocycles. The van der Waals surface area contributed by atoms with Crippen LogP contribution >= 0.6 is 0 Å². The zero-order chi connectivity index (χ0) is 20.3. The van der Waals surface area contributed by atoms with Crippen molar-refractivity contribution in [2.75, 3.05) is 0 Å². The average molecular weight is 387 g/mol. The van der Waals surface area contributed by atoms with E-state index >= 15 is 0 Å². The van der Waals surface area contributed by atoms with E-state index in [1.807, 2.05) is 78.9 Å². The third-order valence-electron chi connectivity index (χ3n) is 5.52. The van der Waals surface area contributed by atoms with Crippen LogP contribution in [0.3, 0.4) is 0 Å². The Labute approximate surface area is 175 Å². The number of H-pyrrole nitrogens is 1. The van der Waals surface area contributed by atoms with Crippen LogP contribution in [0.5, 0.6) is 0 Å². The van der Waals surface area contributed by atoms with Crippen molar-refractivity contribution in [3.8, 4) is 11.1 Å². The van der Waals surface area contributed by atoms with Gasteiger partial charge in [0.05, 0.1) is 5.69 Å². The van der Waals surface area contributed by atoms with E-state index in [9.17, 15) is 4.79 Å². The summed E-state index contributed by atoms with van der Waals surface area (Å²) in [5.41, 5.74) is 6.85. The molecule has 5 aromatic rings. The molecule has 30 heavy (non-hydrogen) atoms. The van der Waals surface area contributed by atoms with Crippen LogP contribution in [0.25, 0.3) is 22.0 Å². The highest BCUT2D eigenvalue weighted by Gasteiger charge is 2.19. The summed E-state index contributed by atoms with van der Waals surface area (Å²) in [5.74, 6) is 0.0248. The number of hydrogen-bond donors (Lipinski definition) is 1. The lowest BCUT2D eigenvalue weighted by Crippen LogP contribution is -2.05. The Morgan fingerprint density at radius 2 is 1.23 bits per heavy atom. The molecule has 1 aromatic heterocycles. The summed E-state index contributed by atoms with van der Waals surface area (Å²) in [4.78, 5) is 16.8. The van der Waals surface area contributed by atoms with Gasteiger partial charge in [-0.15, -0.1) is 0 Å². The molecule has 0 fully saturated rings. The van der Waals surface area contributed by atoms with Gasteiger partial charge in [0.2, 0.25) is 5.78 Å². The van der Waals surface area contributed by atoms with Crippen LogP contribution in [0.1, 0.15) is 27.2 Å². The van der Waals surface area contributed by atoms with E-state index < -0.39 is 0 Å². The molecule has 0 spiro atoms. The van der Waals surface area contributed by atoms with Gasteiger partial charge in [-0.3, -0.25) is 4.79 Å². The molecule has 0 amide bonds. The van der Waals surface area contributed by atoms with Gasteiger partial charge >= 0.3 is 0 Å². The van der Waals surface area contributed by atoms with Crippen molar-refractivity contribution in [2.24, 2.45) is 0 Å². The Balaban J connectivity index is 1.54. The Kier molecular flexibility index (Phi) is 4.74. The van der Waals surface area contributed by atoms with Gasteiger partial charge in [-0.2, -0.15) is 0 Å². The second-order valence-electron chi connectivity index (χ2n) is 7.46. The first kappa shape index (κ1) is 18.1. The van der Waals surface area contributed by atoms with Gasteiger partial charge in [0, 0.05) is 22.9 Å². The minimum absolute atomic E-state index is 0.0248. The van der Waals surface area contributed by atoms with Crippen LogP contribution in [0.2, 0.25) is 0 Å². The predicted octanol–water partition coefficient (Wildman–Crippen LogP) is 6.66. The topological polar surface area (TPSA) is 32.9 Å². The fourth-order valence-corrected chi connectivity index (χ4v) is 3.97. The number of carbonyl (C=O) groups is 1. The molecule has 0 saturated carbocycles. The van der Waals surface area contributed by atoms with Crippen LogP contribution < -0.4 is 0 Å². The highest BCUT2D eigenvalue weighted by atomic mass is 16.1. The molecule has 0 aliphatic carbocycles. The maximum absolute atomic E-state index is 13.4. The maximum Gasteiger partial charge on any atom is 0.209 e. The van der Waals surface area contributed by atoms with E-state index in [2.05, 4.69) is 35.3 Å². The number of fused-ring (bicyclic) bond motifs is 1. The van der Waals surface area contributed by atoms with E-state index in [-0.39, 0.29) is 5.78 Å². The lowest BCUT2D eigenvalue weighted by molar-refractivity contribution is 0.103. The summed E-state index contributed by atoms with van der Waals surface area (Å²) >= 11 is 0. The summed E-state index contributed by atoms with van der Waals surface area (Å²) in [6, 6.07) is 36.5. The molecule has 4 aromatic carbocycles. The number of benzene rings is 4. The first-order valence-corrected chi connectivity index (χ1v) is 10.1. The Bertz CT molecular complexity index is 1300. The fraction of sp³-hybridized carbons (Fsp3) is 0.0357. The van der Waals surface area contributed by atoms with E-state index in [4.69, 9.17) is 0 Å². The second-order valence-corrected chi connectivity index (χ2v) is 7.46. The predicted molar refractivity (Wildman–Crippen MR) is 123 cm³/mol. The van der Waals surface area contributed by atoms with Gasteiger partial charge < -0.3 is 4.98 Å². The molecule has 5 rings (SSSR count). The average Bonchev–Trinajstić information content (AvgIpc) is 3.18.